The minimum Gasteiger partial charge on any atom is -0.508 e. The summed E-state index contributed by atoms with van der Waals surface area (Å²) in [6, 6.07) is 13.3. The zero-order chi connectivity index (χ0) is 7.68. The summed E-state index contributed by atoms with van der Waals surface area (Å²) >= 11 is 0. The van der Waals surface area contributed by atoms with Crippen LogP contribution in [0.5, 0.6) is 5.75 Å². The molecular formula is C10H8BiO. The largest absolute Gasteiger partial charge is 0.508 e. The molecule has 0 aliphatic carbocycles. The Morgan fingerprint density at radius 1 is 0.833 bits per heavy atom. The standard InChI is InChI=1S/C10H8O.Bi/c11-10-6-5-8-3-1-2-4-9(8)7-10;/h1-7,11H;. The maximum absolute atomic E-state index is 9.13. The summed E-state index contributed by atoms with van der Waals surface area (Å²) in [6.45, 7) is 0. The Labute approximate surface area is 90.2 Å². The molecule has 2 aromatic rings. The van der Waals surface area contributed by atoms with Crippen molar-refractivity contribution < 1.29 is 5.11 Å². The normalized spacial score (nSPS) is 9.33. The molecule has 0 atom stereocenters. The van der Waals surface area contributed by atoms with E-state index >= 15 is 0 Å². The minimum absolute atomic E-state index is 0. The Bertz CT molecular complexity index is 384. The number of fused-ring (bicyclic) bond motifs is 1. The van der Waals surface area contributed by atoms with Crippen LogP contribution in [0.3, 0.4) is 0 Å². The summed E-state index contributed by atoms with van der Waals surface area (Å²) in [5.41, 5.74) is 0. The number of phenols is 1. The van der Waals surface area contributed by atoms with Gasteiger partial charge in [-0.2, -0.15) is 0 Å². The van der Waals surface area contributed by atoms with E-state index in [1.54, 1.807) is 12.1 Å². The van der Waals surface area contributed by atoms with E-state index in [1.165, 1.54) is 0 Å². The van der Waals surface area contributed by atoms with Gasteiger partial charge < -0.3 is 5.11 Å². The van der Waals surface area contributed by atoms with Gasteiger partial charge in [0.05, 0.1) is 0 Å². The van der Waals surface area contributed by atoms with E-state index in [0.717, 1.165) is 10.8 Å². The molecule has 0 aromatic heterocycles. The number of hydrogen-bond acceptors (Lipinski definition) is 1. The van der Waals surface area contributed by atoms with Gasteiger partial charge in [-0.25, -0.2) is 0 Å². The molecule has 0 bridgehead atoms. The number of phenolic OH excluding ortho intramolecular Hbond substituents is 1. The van der Waals surface area contributed by atoms with Gasteiger partial charge in [-0.05, 0) is 22.9 Å². The number of rotatable bonds is 0. The Morgan fingerprint density at radius 2 is 1.50 bits per heavy atom. The minimum atomic E-state index is 0. The summed E-state index contributed by atoms with van der Waals surface area (Å²) in [5.74, 6) is 0.323. The van der Waals surface area contributed by atoms with Crippen LogP contribution in [0.15, 0.2) is 42.5 Å². The molecule has 2 rings (SSSR count). The van der Waals surface area contributed by atoms with Gasteiger partial charge in [0.2, 0.25) is 0 Å². The Balaban J connectivity index is 0.000000720. The third-order valence-corrected chi connectivity index (χ3v) is 1.73. The molecule has 2 aromatic carbocycles. The second-order valence-corrected chi connectivity index (χ2v) is 2.53. The number of hydrogen-bond donors (Lipinski definition) is 1. The van der Waals surface area contributed by atoms with Crippen LogP contribution in [-0.2, 0) is 0 Å². The molecule has 0 amide bonds. The molecule has 12 heavy (non-hydrogen) atoms. The van der Waals surface area contributed by atoms with Gasteiger partial charge in [-0.3, -0.25) is 0 Å². The molecule has 0 unspecified atom stereocenters. The SMILES string of the molecule is Oc1ccc2ccccc2c1.[Bi]. The molecule has 0 aliphatic rings. The predicted octanol–water partition coefficient (Wildman–Crippen LogP) is 2.16. The van der Waals surface area contributed by atoms with Gasteiger partial charge in [-0.15, -0.1) is 0 Å². The summed E-state index contributed by atoms with van der Waals surface area (Å²) < 4.78 is 0. The molecule has 3 radical (unpaired) electrons. The molecule has 1 N–H and O–H groups in total. The molecule has 0 heterocycles. The van der Waals surface area contributed by atoms with Crippen molar-refractivity contribution >= 4 is 37.0 Å². The van der Waals surface area contributed by atoms with Gasteiger partial charge in [0, 0.05) is 26.2 Å². The van der Waals surface area contributed by atoms with Crippen LogP contribution < -0.4 is 0 Å². The Hall–Kier alpha value is -0.617. The van der Waals surface area contributed by atoms with Crippen LogP contribution in [-0.4, -0.2) is 31.3 Å². The zero-order valence-corrected chi connectivity index (χ0v) is 9.91. The van der Waals surface area contributed by atoms with Crippen molar-refractivity contribution in [3.8, 4) is 5.75 Å². The third kappa shape index (κ3) is 1.76. The topological polar surface area (TPSA) is 20.2 Å². The molecule has 1 nitrogen and oxygen atoms in total. The van der Waals surface area contributed by atoms with Gasteiger partial charge >= 0.3 is 0 Å². The third-order valence-electron chi connectivity index (χ3n) is 1.73. The first-order valence-electron chi connectivity index (χ1n) is 3.54. The molecule has 0 saturated carbocycles. The maximum atomic E-state index is 9.13. The summed E-state index contributed by atoms with van der Waals surface area (Å²) in [5, 5.41) is 11.4. The zero-order valence-electron chi connectivity index (χ0n) is 6.44. The smallest absolute Gasteiger partial charge is 0.116 e. The van der Waals surface area contributed by atoms with E-state index in [1.807, 2.05) is 30.3 Å². The van der Waals surface area contributed by atoms with E-state index in [2.05, 4.69) is 0 Å². The first-order chi connectivity index (χ1) is 5.36. The van der Waals surface area contributed by atoms with Crippen molar-refractivity contribution in [2.45, 2.75) is 0 Å². The second kappa shape index (κ2) is 3.86. The summed E-state index contributed by atoms with van der Waals surface area (Å²) in [7, 11) is 0. The number of aromatic hydroxyl groups is 1. The van der Waals surface area contributed by atoms with E-state index < -0.39 is 0 Å². The molecule has 0 aliphatic heterocycles. The van der Waals surface area contributed by atoms with Crippen molar-refractivity contribution in [3.63, 3.8) is 0 Å². The maximum Gasteiger partial charge on any atom is 0.116 e. The Morgan fingerprint density at radius 3 is 2.25 bits per heavy atom. The predicted molar refractivity (Wildman–Crippen MR) is 51.4 cm³/mol. The molecule has 59 valence electrons. The van der Waals surface area contributed by atoms with Crippen molar-refractivity contribution in [1.29, 1.82) is 0 Å². The summed E-state index contributed by atoms with van der Waals surface area (Å²) in [4.78, 5) is 0. The molecular weight excluding hydrogens is 345 g/mol. The molecule has 0 saturated heterocycles. The summed E-state index contributed by atoms with van der Waals surface area (Å²) in [6.07, 6.45) is 0. The van der Waals surface area contributed by atoms with Gasteiger partial charge in [0.1, 0.15) is 5.75 Å². The van der Waals surface area contributed by atoms with Crippen LogP contribution in [0.1, 0.15) is 0 Å². The van der Waals surface area contributed by atoms with Crippen LogP contribution in [0.25, 0.3) is 10.8 Å². The van der Waals surface area contributed by atoms with Crippen LogP contribution in [0, 0.1) is 0 Å². The van der Waals surface area contributed by atoms with Crippen molar-refractivity contribution in [2.75, 3.05) is 0 Å². The first-order valence-corrected chi connectivity index (χ1v) is 3.54. The molecule has 0 spiro atoms. The van der Waals surface area contributed by atoms with Crippen LogP contribution in [0.4, 0.5) is 0 Å². The first kappa shape index (κ1) is 9.47. The number of benzene rings is 2. The van der Waals surface area contributed by atoms with Crippen LogP contribution in [0.2, 0.25) is 0 Å². The van der Waals surface area contributed by atoms with E-state index in [0.29, 0.717) is 5.75 Å². The van der Waals surface area contributed by atoms with Crippen molar-refractivity contribution in [3.05, 3.63) is 42.5 Å². The van der Waals surface area contributed by atoms with E-state index in [-0.39, 0.29) is 26.2 Å². The van der Waals surface area contributed by atoms with Crippen molar-refractivity contribution in [1.82, 2.24) is 0 Å². The van der Waals surface area contributed by atoms with E-state index in [4.69, 9.17) is 5.11 Å². The average Bonchev–Trinajstić information content (AvgIpc) is 2.04. The second-order valence-electron chi connectivity index (χ2n) is 2.53. The fourth-order valence-electron chi connectivity index (χ4n) is 1.18. The quantitative estimate of drug-likeness (QED) is 0.720. The van der Waals surface area contributed by atoms with Gasteiger partial charge in [0.15, 0.2) is 0 Å². The van der Waals surface area contributed by atoms with Crippen molar-refractivity contribution in [2.24, 2.45) is 0 Å². The fourth-order valence-corrected chi connectivity index (χ4v) is 1.18. The van der Waals surface area contributed by atoms with Crippen LogP contribution >= 0.6 is 0 Å². The van der Waals surface area contributed by atoms with E-state index in [9.17, 15) is 0 Å². The molecule has 2 heteroatoms. The monoisotopic (exact) mass is 353 g/mol. The average molecular weight is 353 g/mol. The van der Waals surface area contributed by atoms with Gasteiger partial charge in [-0.1, -0.05) is 30.3 Å². The van der Waals surface area contributed by atoms with Gasteiger partial charge in [0.25, 0.3) is 0 Å². The fraction of sp³-hybridized carbons (Fsp3) is 0. The molecule has 0 fully saturated rings. The Kier molecular flexibility index (Phi) is 3.05.